The second-order valence-electron chi connectivity index (χ2n) is 7.89. The minimum Gasteiger partial charge on any atom is -0.443 e. The Kier molecular flexibility index (Phi) is 6.35. The molecule has 26 heavy (non-hydrogen) atoms. The van der Waals surface area contributed by atoms with Gasteiger partial charge in [0, 0.05) is 30.0 Å². The van der Waals surface area contributed by atoms with Crippen molar-refractivity contribution in [2.24, 2.45) is 4.99 Å². The fourth-order valence-corrected chi connectivity index (χ4v) is 3.56. The van der Waals surface area contributed by atoms with Gasteiger partial charge in [0.2, 0.25) is 5.06 Å². The lowest BCUT2D eigenvalue weighted by molar-refractivity contribution is 0.429. The molecule has 1 aromatic carbocycles. The summed E-state index contributed by atoms with van der Waals surface area (Å²) < 4.78 is 10.6. The van der Waals surface area contributed by atoms with Gasteiger partial charge in [0.15, 0.2) is 0 Å². The number of rotatable bonds is 5. The van der Waals surface area contributed by atoms with Crippen molar-refractivity contribution in [1.29, 1.82) is 0 Å². The standard InChI is InChI=1S/C20H28ClN3OS/c1-12(2)24(8)11-22-15-9-14(4)16(10-13(15)3)25-19-17(21)18(23-26-19)20(5,6)7/h9-12H,1-8H3/b22-11-. The van der Waals surface area contributed by atoms with E-state index >= 15 is 0 Å². The van der Waals surface area contributed by atoms with Gasteiger partial charge in [-0.05, 0) is 51.0 Å². The van der Waals surface area contributed by atoms with Crippen LogP contribution >= 0.6 is 23.1 Å². The predicted molar refractivity (Wildman–Crippen MR) is 113 cm³/mol. The van der Waals surface area contributed by atoms with Crippen molar-refractivity contribution >= 4 is 35.2 Å². The van der Waals surface area contributed by atoms with Crippen LogP contribution in [0.5, 0.6) is 10.8 Å². The average molecular weight is 394 g/mol. The third-order valence-electron chi connectivity index (χ3n) is 4.21. The Labute approximate surface area is 166 Å². The molecule has 0 N–H and O–H groups in total. The maximum absolute atomic E-state index is 6.49. The molecule has 6 heteroatoms. The van der Waals surface area contributed by atoms with Gasteiger partial charge in [0.25, 0.3) is 0 Å². The Balaban J connectivity index is 2.28. The molecule has 1 aromatic heterocycles. The van der Waals surface area contributed by atoms with Crippen LogP contribution in [0, 0.1) is 13.8 Å². The minimum atomic E-state index is -0.110. The van der Waals surface area contributed by atoms with E-state index < -0.39 is 0 Å². The third kappa shape index (κ3) is 4.77. The van der Waals surface area contributed by atoms with Crippen LogP contribution in [0.1, 0.15) is 51.4 Å². The number of halogens is 1. The SMILES string of the molecule is Cc1cc(Oc2snc(C(C)(C)C)c2Cl)c(C)cc1/N=C\N(C)C(C)C. The van der Waals surface area contributed by atoms with E-state index in [4.69, 9.17) is 16.3 Å². The quantitative estimate of drug-likeness (QED) is 0.429. The molecule has 2 rings (SSSR count). The highest BCUT2D eigenvalue weighted by Gasteiger charge is 2.25. The Hall–Kier alpha value is -1.59. The molecule has 1 heterocycles. The van der Waals surface area contributed by atoms with Gasteiger partial charge in [-0.3, -0.25) is 0 Å². The van der Waals surface area contributed by atoms with E-state index in [1.165, 1.54) is 11.5 Å². The number of aliphatic imine (C=N–C) groups is 1. The van der Waals surface area contributed by atoms with Crippen LogP contribution in [0.25, 0.3) is 0 Å². The van der Waals surface area contributed by atoms with Crippen LogP contribution in [-0.2, 0) is 5.41 Å². The molecular formula is C20H28ClN3OS. The van der Waals surface area contributed by atoms with Gasteiger partial charge in [-0.1, -0.05) is 32.4 Å². The number of aromatic nitrogens is 1. The maximum atomic E-state index is 6.49. The van der Waals surface area contributed by atoms with Crippen LogP contribution < -0.4 is 4.74 Å². The van der Waals surface area contributed by atoms with E-state index in [-0.39, 0.29) is 5.41 Å². The average Bonchev–Trinajstić information content (AvgIpc) is 2.89. The topological polar surface area (TPSA) is 37.7 Å². The van der Waals surface area contributed by atoms with Crippen molar-refractivity contribution in [3.05, 3.63) is 34.0 Å². The highest BCUT2D eigenvalue weighted by atomic mass is 35.5. The first-order chi connectivity index (χ1) is 12.0. The molecule has 4 nitrogen and oxygen atoms in total. The first kappa shape index (κ1) is 20.7. The second-order valence-corrected chi connectivity index (χ2v) is 9.01. The van der Waals surface area contributed by atoms with Gasteiger partial charge in [-0.15, -0.1) is 0 Å². The lowest BCUT2D eigenvalue weighted by atomic mass is 9.92. The third-order valence-corrected chi connectivity index (χ3v) is 5.40. The van der Waals surface area contributed by atoms with Crippen LogP contribution in [0.2, 0.25) is 5.02 Å². The molecule has 0 bridgehead atoms. The van der Waals surface area contributed by atoms with E-state index in [1.54, 1.807) is 0 Å². The molecule has 0 unspecified atom stereocenters. The molecule has 0 aliphatic rings. The lowest BCUT2D eigenvalue weighted by Gasteiger charge is -2.17. The first-order valence-electron chi connectivity index (χ1n) is 8.71. The lowest BCUT2D eigenvalue weighted by Crippen LogP contribution is -2.24. The molecule has 0 fully saturated rings. The van der Waals surface area contributed by atoms with Gasteiger partial charge in [0.05, 0.1) is 17.7 Å². The monoisotopic (exact) mass is 393 g/mol. The largest absolute Gasteiger partial charge is 0.443 e. The number of hydrogen-bond donors (Lipinski definition) is 0. The zero-order valence-corrected chi connectivity index (χ0v) is 18.4. The normalized spacial score (nSPS) is 12.2. The summed E-state index contributed by atoms with van der Waals surface area (Å²) in [6.07, 6.45) is 1.86. The summed E-state index contributed by atoms with van der Waals surface area (Å²) in [7, 11) is 2.02. The Bertz CT molecular complexity index is 806. The van der Waals surface area contributed by atoms with E-state index in [0.29, 0.717) is 16.1 Å². The molecule has 2 aromatic rings. The summed E-state index contributed by atoms with van der Waals surface area (Å²) in [6, 6.07) is 4.45. The fourth-order valence-electron chi connectivity index (χ4n) is 2.20. The molecule has 0 saturated carbocycles. The van der Waals surface area contributed by atoms with Crippen molar-refractivity contribution in [2.45, 2.75) is 59.9 Å². The summed E-state index contributed by atoms with van der Waals surface area (Å²) in [4.78, 5) is 6.67. The Morgan fingerprint density at radius 2 is 1.88 bits per heavy atom. The molecule has 0 amide bonds. The number of aryl methyl sites for hydroxylation is 2. The van der Waals surface area contributed by atoms with Crippen molar-refractivity contribution in [3.63, 3.8) is 0 Å². The molecule has 0 saturated heterocycles. The first-order valence-corrected chi connectivity index (χ1v) is 9.86. The highest BCUT2D eigenvalue weighted by molar-refractivity contribution is 7.08. The van der Waals surface area contributed by atoms with Gasteiger partial charge in [-0.2, -0.15) is 4.37 Å². The Morgan fingerprint density at radius 1 is 1.23 bits per heavy atom. The smallest absolute Gasteiger partial charge is 0.219 e. The second kappa shape index (κ2) is 7.97. The Morgan fingerprint density at radius 3 is 2.42 bits per heavy atom. The van der Waals surface area contributed by atoms with Crippen LogP contribution in [0.15, 0.2) is 17.1 Å². The number of ether oxygens (including phenoxy) is 1. The van der Waals surface area contributed by atoms with Crippen molar-refractivity contribution in [2.75, 3.05) is 7.05 Å². The van der Waals surface area contributed by atoms with Gasteiger partial charge in [-0.25, -0.2) is 4.99 Å². The summed E-state index contributed by atoms with van der Waals surface area (Å²) >= 11 is 7.78. The molecule has 142 valence electrons. The van der Waals surface area contributed by atoms with Crippen LogP contribution in [-0.4, -0.2) is 28.7 Å². The molecule has 0 aliphatic carbocycles. The van der Waals surface area contributed by atoms with Gasteiger partial charge < -0.3 is 9.64 Å². The van der Waals surface area contributed by atoms with Crippen molar-refractivity contribution in [1.82, 2.24) is 9.27 Å². The van der Waals surface area contributed by atoms with Crippen LogP contribution in [0.3, 0.4) is 0 Å². The number of benzene rings is 1. The van der Waals surface area contributed by atoms with E-state index in [9.17, 15) is 0 Å². The van der Waals surface area contributed by atoms with Crippen LogP contribution in [0.4, 0.5) is 5.69 Å². The fraction of sp³-hybridized carbons (Fsp3) is 0.500. The zero-order valence-electron chi connectivity index (χ0n) is 16.8. The molecule has 0 aliphatic heterocycles. The minimum absolute atomic E-state index is 0.110. The maximum Gasteiger partial charge on any atom is 0.219 e. The highest BCUT2D eigenvalue weighted by Crippen LogP contribution is 2.42. The van der Waals surface area contributed by atoms with Crippen molar-refractivity contribution < 1.29 is 4.74 Å². The summed E-state index contributed by atoms with van der Waals surface area (Å²) in [6.45, 7) is 14.6. The summed E-state index contributed by atoms with van der Waals surface area (Å²) in [5.74, 6) is 0.782. The van der Waals surface area contributed by atoms with E-state index in [0.717, 1.165) is 28.3 Å². The van der Waals surface area contributed by atoms with Gasteiger partial charge >= 0.3 is 0 Å². The van der Waals surface area contributed by atoms with Gasteiger partial charge in [0.1, 0.15) is 10.8 Å². The van der Waals surface area contributed by atoms with Crippen molar-refractivity contribution in [3.8, 4) is 10.8 Å². The molecule has 0 radical (unpaired) electrons. The molecular weight excluding hydrogens is 366 g/mol. The summed E-state index contributed by atoms with van der Waals surface area (Å²) in [5, 5.41) is 1.23. The van der Waals surface area contributed by atoms with E-state index in [2.05, 4.69) is 48.9 Å². The molecule has 0 spiro atoms. The van der Waals surface area contributed by atoms with E-state index in [1.807, 2.05) is 39.4 Å². The number of nitrogens with zero attached hydrogens (tertiary/aromatic N) is 3. The predicted octanol–water partition coefficient (Wildman–Crippen LogP) is 6.50. The zero-order chi connectivity index (χ0) is 19.6. The molecule has 0 atom stereocenters. The summed E-state index contributed by atoms with van der Waals surface area (Å²) in [5.41, 5.74) is 3.76. The number of hydrogen-bond acceptors (Lipinski definition) is 4.